The third kappa shape index (κ3) is 6.05. The maximum atomic E-state index is 13.3. The summed E-state index contributed by atoms with van der Waals surface area (Å²) in [4.78, 5) is 26.2. The van der Waals surface area contributed by atoms with Crippen LogP contribution in [0, 0.1) is 0 Å². The van der Waals surface area contributed by atoms with E-state index in [0.717, 1.165) is 31.2 Å². The van der Waals surface area contributed by atoms with Gasteiger partial charge in [-0.1, -0.05) is 61.9 Å². The molecule has 0 spiro atoms. The van der Waals surface area contributed by atoms with Gasteiger partial charge in [-0.3, -0.25) is 14.1 Å². The fraction of sp³-hybridized carbons (Fsp3) is 0.417. The van der Waals surface area contributed by atoms with Crippen LogP contribution < -0.4 is 0 Å². The van der Waals surface area contributed by atoms with E-state index in [-0.39, 0.29) is 29.5 Å². The van der Waals surface area contributed by atoms with Gasteiger partial charge in [-0.15, -0.1) is 0 Å². The van der Waals surface area contributed by atoms with Crippen molar-refractivity contribution in [2.24, 2.45) is 0 Å². The van der Waals surface area contributed by atoms with Crippen LogP contribution in [0.3, 0.4) is 0 Å². The SMILES string of the molecule is CCCC([S+](CC(=O)c1ccccc1)CC(=O)c1cccc2c1CCCC2)S(=O)(=O)O. The Kier molecular flexibility index (Phi) is 8.08. The van der Waals surface area contributed by atoms with Crippen molar-refractivity contribution in [2.45, 2.75) is 50.0 Å². The van der Waals surface area contributed by atoms with E-state index in [1.54, 1.807) is 36.4 Å². The van der Waals surface area contributed by atoms with Gasteiger partial charge in [-0.2, -0.15) is 8.42 Å². The standard InChI is InChI=1S/C24H28O5S2/c1-2-9-24(31(27,28)29)30(16-22(25)19-11-4-3-5-12-19)17-23(26)21-15-8-13-18-10-6-7-14-20(18)21/h3-5,8,11-13,15,24H,2,6-7,9-10,14,16-17H2,1H3/p+1. The summed E-state index contributed by atoms with van der Waals surface area (Å²) < 4.78 is 33.1. The molecule has 0 fully saturated rings. The van der Waals surface area contributed by atoms with E-state index in [1.807, 2.05) is 19.1 Å². The van der Waals surface area contributed by atoms with Gasteiger partial charge in [0.05, 0.1) is 0 Å². The van der Waals surface area contributed by atoms with E-state index in [2.05, 4.69) is 0 Å². The second kappa shape index (κ2) is 10.6. The van der Waals surface area contributed by atoms with Crippen LogP contribution >= 0.6 is 0 Å². The topological polar surface area (TPSA) is 88.5 Å². The van der Waals surface area contributed by atoms with Gasteiger partial charge in [0, 0.05) is 28.4 Å². The predicted octanol–water partition coefficient (Wildman–Crippen LogP) is 4.26. The van der Waals surface area contributed by atoms with E-state index < -0.39 is 25.6 Å². The molecule has 0 aliphatic heterocycles. The van der Waals surface area contributed by atoms with Gasteiger partial charge in [0.1, 0.15) is 0 Å². The molecule has 2 aromatic rings. The maximum absolute atomic E-state index is 13.3. The summed E-state index contributed by atoms with van der Waals surface area (Å²) in [5.74, 6) is -0.487. The maximum Gasteiger partial charge on any atom is 0.314 e. The van der Waals surface area contributed by atoms with Crippen LogP contribution in [0.5, 0.6) is 0 Å². The number of benzene rings is 2. The van der Waals surface area contributed by atoms with Crippen LogP contribution in [0.15, 0.2) is 48.5 Å². The molecule has 2 atom stereocenters. The van der Waals surface area contributed by atoms with Gasteiger partial charge < -0.3 is 0 Å². The van der Waals surface area contributed by atoms with E-state index >= 15 is 0 Å². The third-order valence-corrected chi connectivity index (χ3v) is 10.3. The third-order valence-electron chi connectivity index (χ3n) is 5.65. The number of hydrogen-bond acceptors (Lipinski definition) is 4. The van der Waals surface area contributed by atoms with Crippen LogP contribution in [-0.2, 0) is 33.9 Å². The van der Waals surface area contributed by atoms with E-state index in [9.17, 15) is 22.6 Å². The van der Waals surface area contributed by atoms with Crippen LogP contribution in [0.4, 0.5) is 0 Å². The highest BCUT2D eigenvalue weighted by molar-refractivity contribution is 8.10. The normalized spacial score (nSPS) is 15.7. The first-order valence-electron chi connectivity index (χ1n) is 10.7. The Morgan fingerprint density at radius 1 is 0.968 bits per heavy atom. The molecule has 166 valence electrons. The molecular formula is C24H29O5S2+. The number of Topliss-reactive ketones (excluding diaryl/α,β-unsaturated/α-hetero) is 2. The number of carbonyl (C=O) groups excluding carboxylic acids is 2. The van der Waals surface area contributed by atoms with Crippen molar-refractivity contribution >= 4 is 32.6 Å². The highest BCUT2D eigenvalue weighted by Gasteiger charge is 2.43. The lowest BCUT2D eigenvalue weighted by Gasteiger charge is -2.20. The number of hydrogen-bond donors (Lipinski definition) is 1. The monoisotopic (exact) mass is 461 g/mol. The molecule has 0 radical (unpaired) electrons. The molecule has 0 bridgehead atoms. The molecule has 2 unspecified atom stereocenters. The fourth-order valence-electron chi connectivity index (χ4n) is 4.12. The van der Waals surface area contributed by atoms with Crippen LogP contribution in [0.2, 0.25) is 0 Å². The molecule has 7 heteroatoms. The molecular weight excluding hydrogens is 432 g/mol. The summed E-state index contributed by atoms with van der Waals surface area (Å²) >= 11 is 0. The van der Waals surface area contributed by atoms with Gasteiger partial charge in [0.15, 0.2) is 11.5 Å². The average Bonchev–Trinajstić information content (AvgIpc) is 2.76. The Morgan fingerprint density at radius 2 is 1.65 bits per heavy atom. The molecule has 0 heterocycles. The number of rotatable bonds is 10. The van der Waals surface area contributed by atoms with Crippen molar-refractivity contribution in [3.05, 3.63) is 70.8 Å². The van der Waals surface area contributed by atoms with E-state index in [0.29, 0.717) is 17.5 Å². The largest absolute Gasteiger partial charge is 0.314 e. The molecule has 5 nitrogen and oxygen atoms in total. The Morgan fingerprint density at radius 3 is 2.32 bits per heavy atom. The first-order chi connectivity index (χ1) is 14.8. The summed E-state index contributed by atoms with van der Waals surface area (Å²) in [7, 11) is -5.52. The van der Waals surface area contributed by atoms with Crippen molar-refractivity contribution < 1.29 is 22.6 Å². The van der Waals surface area contributed by atoms with Gasteiger partial charge in [0.2, 0.25) is 16.1 Å². The Bertz CT molecular complexity index is 1030. The number of aryl methyl sites for hydroxylation is 1. The summed E-state index contributed by atoms with van der Waals surface area (Å²) in [6.45, 7) is 1.83. The molecule has 0 amide bonds. The van der Waals surface area contributed by atoms with Crippen LogP contribution in [0.25, 0.3) is 0 Å². The first-order valence-corrected chi connectivity index (χ1v) is 13.8. The van der Waals surface area contributed by atoms with Gasteiger partial charge in [-0.25, -0.2) is 0 Å². The number of ketones is 2. The zero-order valence-corrected chi connectivity index (χ0v) is 19.4. The lowest BCUT2D eigenvalue weighted by atomic mass is 9.87. The Hall–Kier alpha value is -1.96. The highest BCUT2D eigenvalue weighted by Crippen LogP contribution is 2.27. The first kappa shape index (κ1) is 23.7. The minimum Gasteiger partial charge on any atom is -0.289 e. The molecule has 2 aromatic carbocycles. The molecule has 0 aromatic heterocycles. The number of fused-ring (bicyclic) bond motifs is 1. The quantitative estimate of drug-likeness (QED) is 0.324. The van der Waals surface area contributed by atoms with E-state index in [1.165, 1.54) is 5.56 Å². The molecule has 31 heavy (non-hydrogen) atoms. The van der Waals surface area contributed by atoms with Gasteiger partial charge in [-0.05, 0) is 36.8 Å². The highest BCUT2D eigenvalue weighted by atomic mass is 32.3. The van der Waals surface area contributed by atoms with Gasteiger partial charge in [0.25, 0.3) is 0 Å². The second-order valence-electron chi connectivity index (χ2n) is 7.92. The fourth-order valence-corrected chi connectivity index (χ4v) is 8.48. The molecule has 1 aliphatic carbocycles. The van der Waals surface area contributed by atoms with Crippen molar-refractivity contribution in [2.75, 3.05) is 11.5 Å². The minimum absolute atomic E-state index is 0.0561. The zero-order chi connectivity index (χ0) is 22.4. The minimum atomic E-state index is -4.39. The van der Waals surface area contributed by atoms with E-state index in [4.69, 9.17) is 0 Å². The van der Waals surface area contributed by atoms with Crippen molar-refractivity contribution in [3.63, 3.8) is 0 Å². The van der Waals surface area contributed by atoms with Crippen LogP contribution in [0.1, 0.15) is 64.4 Å². The van der Waals surface area contributed by atoms with Crippen molar-refractivity contribution in [1.82, 2.24) is 0 Å². The number of carbonyl (C=O) groups is 2. The summed E-state index contributed by atoms with van der Waals surface area (Å²) in [6.07, 6.45) is 4.65. The molecule has 3 rings (SSSR count). The molecule has 0 saturated heterocycles. The Balaban J connectivity index is 1.90. The van der Waals surface area contributed by atoms with Crippen molar-refractivity contribution in [3.8, 4) is 0 Å². The Labute approximate surface area is 187 Å². The lowest BCUT2D eigenvalue weighted by molar-refractivity contribution is 0.101. The average molecular weight is 462 g/mol. The summed E-state index contributed by atoms with van der Waals surface area (Å²) in [5.41, 5.74) is 3.34. The zero-order valence-electron chi connectivity index (χ0n) is 17.7. The molecule has 1 N–H and O–H groups in total. The smallest absolute Gasteiger partial charge is 0.289 e. The van der Waals surface area contributed by atoms with Crippen molar-refractivity contribution in [1.29, 1.82) is 0 Å². The molecule has 0 saturated carbocycles. The summed E-state index contributed by atoms with van der Waals surface area (Å²) in [6, 6.07) is 14.4. The predicted molar refractivity (Wildman–Crippen MR) is 126 cm³/mol. The second-order valence-corrected chi connectivity index (χ2v) is 12.0. The summed E-state index contributed by atoms with van der Waals surface area (Å²) in [5, 5.41) is 0. The van der Waals surface area contributed by atoms with Crippen LogP contribution in [-0.4, -0.2) is 40.6 Å². The lowest BCUT2D eigenvalue weighted by Crippen LogP contribution is -2.39. The van der Waals surface area contributed by atoms with Gasteiger partial charge >= 0.3 is 10.1 Å². The molecule has 1 aliphatic rings.